The van der Waals surface area contributed by atoms with Crippen LogP contribution in [0, 0.1) is 128 Å². The van der Waals surface area contributed by atoms with Gasteiger partial charge in [-0.25, -0.2) is 87.8 Å². The van der Waals surface area contributed by atoms with Crippen molar-refractivity contribution < 1.29 is 92.4 Å². The fraction of sp³-hybridized carbons (Fsp3) is 0.0244. The second-order valence-corrected chi connectivity index (χ2v) is 13.3. The Kier molecular flexibility index (Phi) is 12.5. The minimum atomic E-state index is -7.22. The highest BCUT2D eigenvalue weighted by Crippen LogP contribution is 2.31. The van der Waals surface area contributed by atoms with E-state index in [2.05, 4.69) is 24.3 Å². The van der Waals surface area contributed by atoms with E-state index in [-0.39, 0.29) is 0 Å². The average molecular weight is 924 g/mol. The van der Waals surface area contributed by atoms with E-state index in [4.69, 9.17) is 0 Å². The number of benzene rings is 6. The molecule has 0 unspecified atom stereocenters. The first-order chi connectivity index (χ1) is 30.1. The molecule has 0 saturated heterocycles. The number of rotatable bonds is 6. The quantitative estimate of drug-likeness (QED) is 0.0539. The maximum absolute atomic E-state index is 15.4. The van der Waals surface area contributed by atoms with Gasteiger partial charge in [0.25, 0.3) is 5.69 Å². The molecule has 23 heteroatoms. The van der Waals surface area contributed by atoms with Crippen LogP contribution in [0.15, 0.2) is 66.9 Å². The number of nitrogens with zero attached hydrogens (tertiary/aromatic N) is 2. The van der Waals surface area contributed by atoms with Gasteiger partial charge in [0.05, 0.1) is 0 Å². The van der Waals surface area contributed by atoms with Crippen LogP contribution in [-0.2, 0) is 6.54 Å². The van der Waals surface area contributed by atoms with Crippen LogP contribution in [0.2, 0.25) is 0 Å². The Balaban J connectivity index is 0.000000295. The summed E-state index contributed by atoms with van der Waals surface area (Å²) in [5.41, 5.74) is -12.5. The molecule has 1 aromatic heterocycles. The van der Waals surface area contributed by atoms with Crippen molar-refractivity contribution >= 4 is 38.8 Å². The number of halogens is 20. The molecule has 0 N–H and O–H groups in total. The molecule has 330 valence electrons. The molecular weight excluding hydrogens is 911 g/mol. The van der Waals surface area contributed by atoms with Crippen LogP contribution in [0.4, 0.5) is 87.8 Å². The summed E-state index contributed by atoms with van der Waals surface area (Å²) in [6, 6.07) is 22.5. The fourth-order valence-electron chi connectivity index (χ4n) is 7.11. The van der Waals surface area contributed by atoms with Crippen LogP contribution in [0.3, 0.4) is 0 Å². The second kappa shape index (κ2) is 17.2. The third kappa shape index (κ3) is 7.09. The van der Waals surface area contributed by atoms with Gasteiger partial charge in [0.2, 0.25) is 0 Å². The van der Waals surface area contributed by atoms with Gasteiger partial charge < -0.3 is 0 Å². The zero-order chi connectivity index (χ0) is 47.4. The van der Waals surface area contributed by atoms with Crippen LogP contribution < -0.4 is 26.4 Å². The van der Waals surface area contributed by atoms with Crippen molar-refractivity contribution in [1.29, 1.82) is 5.26 Å². The molecule has 0 aliphatic carbocycles. The summed E-state index contributed by atoms with van der Waals surface area (Å²) in [4.78, 5) is 0. The van der Waals surface area contributed by atoms with E-state index in [0.717, 1.165) is 10.8 Å². The molecule has 0 fully saturated rings. The molecule has 0 aliphatic heterocycles. The van der Waals surface area contributed by atoms with E-state index in [0.29, 0.717) is 12.2 Å². The number of aromatic nitrogens is 1. The lowest BCUT2D eigenvalue weighted by molar-refractivity contribution is -0.689. The normalized spacial score (nSPS) is 11.5. The maximum atomic E-state index is 15.4. The highest BCUT2D eigenvalue weighted by molar-refractivity contribution is 7.20. The highest BCUT2D eigenvalue weighted by Gasteiger charge is 2.52. The Morgan fingerprint density at radius 3 is 0.922 bits per heavy atom. The van der Waals surface area contributed by atoms with Gasteiger partial charge in [0, 0.05) is 17.0 Å². The third-order valence-electron chi connectivity index (χ3n) is 9.91. The molecular formula is C41H13BF20N2. The second-order valence-electron chi connectivity index (χ2n) is 13.3. The number of hydrogen-bond acceptors (Lipinski definition) is 1. The van der Waals surface area contributed by atoms with Crippen LogP contribution >= 0.6 is 0 Å². The lowest BCUT2D eigenvalue weighted by Crippen LogP contribution is -2.81. The molecule has 0 amide bonds. The Bertz CT molecular complexity index is 2720. The van der Waals surface area contributed by atoms with Crippen LogP contribution in [0.1, 0.15) is 11.3 Å². The number of nitriles is 1. The summed E-state index contributed by atoms with van der Waals surface area (Å²) < 4.78 is 296. The summed E-state index contributed by atoms with van der Waals surface area (Å²) in [5, 5.41) is 11.5. The molecule has 7 rings (SSSR count). The van der Waals surface area contributed by atoms with E-state index >= 15 is 35.1 Å². The van der Waals surface area contributed by atoms with Crippen molar-refractivity contribution in [2.45, 2.75) is 6.54 Å². The van der Waals surface area contributed by atoms with E-state index in [1.165, 1.54) is 5.56 Å². The molecule has 0 saturated carbocycles. The van der Waals surface area contributed by atoms with Gasteiger partial charge in [-0.3, -0.25) is 0 Å². The van der Waals surface area contributed by atoms with E-state index in [1.54, 1.807) is 0 Å². The van der Waals surface area contributed by atoms with Gasteiger partial charge in [-0.15, -0.1) is 21.9 Å². The minimum Gasteiger partial charge on any atom is -0.207 e. The largest absolute Gasteiger partial charge is 0.284 e. The summed E-state index contributed by atoms with van der Waals surface area (Å²) in [7, 11) is 0. The molecule has 1 heterocycles. The van der Waals surface area contributed by atoms with Crippen LogP contribution in [0.25, 0.3) is 10.8 Å². The summed E-state index contributed by atoms with van der Waals surface area (Å²) in [6.45, 7) is 0.717. The molecule has 0 spiro atoms. The molecule has 6 aromatic carbocycles. The number of fused-ring (bicyclic) bond motifs is 1. The predicted molar refractivity (Wildman–Crippen MR) is 184 cm³/mol. The summed E-state index contributed by atoms with van der Waals surface area (Å²) in [5.74, 6) is -71.4. The number of pyridine rings is 1. The van der Waals surface area contributed by atoms with E-state index < -0.39 is 144 Å². The number of hydrogen-bond donors (Lipinski definition) is 0. The van der Waals surface area contributed by atoms with Crippen molar-refractivity contribution in [3.63, 3.8) is 0 Å². The van der Waals surface area contributed by atoms with Crippen LogP contribution in [-0.4, -0.2) is 6.15 Å². The first-order valence-corrected chi connectivity index (χ1v) is 17.2. The lowest BCUT2D eigenvalue weighted by Gasteiger charge is -2.44. The summed E-state index contributed by atoms with van der Waals surface area (Å²) in [6.07, 6.45) is -5.17. The first-order valence-electron chi connectivity index (χ1n) is 17.2. The average Bonchev–Trinajstić information content (AvgIpc) is 3.29. The van der Waals surface area contributed by atoms with Gasteiger partial charge >= 0.3 is 0 Å². The van der Waals surface area contributed by atoms with Gasteiger partial charge in [-0.2, -0.15) is 9.83 Å². The SMILES string of the molecule is Fc1c(F)c(F)c([B-](c2c(F)c(F)c(F)c(F)c2F)(c2c(F)c(F)c(F)c(F)c2F)c2c(F)c(F)c(F)c(F)c2F)c(F)c1F.N#Cc1cc2ccccc2c[n+]1Cc1ccccc1. The van der Waals surface area contributed by atoms with Gasteiger partial charge in [0.15, 0.2) is 88.6 Å². The Labute approximate surface area is 343 Å². The zero-order valence-electron chi connectivity index (χ0n) is 30.6. The van der Waals surface area contributed by atoms with Crippen molar-refractivity contribution in [2.24, 2.45) is 0 Å². The topological polar surface area (TPSA) is 27.7 Å². The van der Waals surface area contributed by atoms with E-state index in [9.17, 15) is 57.9 Å². The molecule has 0 aliphatic rings. The highest BCUT2D eigenvalue weighted by atomic mass is 19.2. The minimum absolute atomic E-state index is 0.683. The van der Waals surface area contributed by atoms with Gasteiger partial charge in [-0.05, 0) is 11.5 Å². The molecule has 2 nitrogen and oxygen atoms in total. The van der Waals surface area contributed by atoms with Crippen molar-refractivity contribution in [2.75, 3.05) is 0 Å². The smallest absolute Gasteiger partial charge is 0.207 e. The van der Waals surface area contributed by atoms with Gasteiger partial charge in [0.1, 0.15) is 52.7 Å². The maximum Gasteiger partial charge on any atom is 0.284 e. The third-order valence-corrected chi connectivity index (χ3v) is 9.91. The standard InChI is InChI=1S/C24BF20.C17H13N2/c26-5-1(6(27)14(35)21(42)13(5)34)25(2-7(28)15(36)22(43)16(37)8(2)29,3-9(30)17(38)23(44)18(39)10(3)31)4-11(32)19(40)24(45)20(41)12(4)33;18-11-17-10-15-8-4-5-9-16(15)13-19(17)12-14-6-2-1-3-7-14/h;1-10,13H,12H2/q-1;+1. The van der Waals surface area contributed by atoms with Gasteiger partial charge in [-0.1, -0.05) is 48.5 Å². The molecule has 7 aromatic rings. The Morgan fingerprint density at radius 2 is 0.625 bits per heavy atom. The lowest BCUT2D eigenvalue weighted by atomic mass is 9.12. The van der Waals surface area contributed by atoms with Crippen molar-refractivity contribution in [1.82, 2.24) is 0 Å². The molecule has 0 radical (unpaired) electrons. The predicted octanol–water partition coefficient (Wildman–Crippen LogP) is 8.89. The monoisotopic (exact) mass is 924 g/mol. The van der Waals surface area contributed by atoms with Crippen LogP contribution in [0.5, 0.6) is 0 Å². The zero-order valence-corrected chi connectivity index (χ0v) is 30.6. The molecule has 0 bridgehead atoms. The van der Waals surface area contributed by atoms with E-state index in [1.807, 2.05) is 53.2 Å². The van der Waals surface area contributed by atoms with Crippen molar-refractivity contribution in [3.05, 3.63) is 194 Å². The Morgan fingerprint density at radius 1 is 0.359 bits per heavy atom. The fourth-order valence-corrected chi connectivity index (χ4v) is 7.11. The Hall–Kier alpha value is -7.12. The molecule has 64 heavy (non-hydrogen) atoms. The molecule has 0 atom stereocenters. The first kappa shape index (κ1) is 46.4. The summed E-state index contributed by atoms with van der Waals surface area (Å²) >= 11 is 0. The van der Waals surface area contributed by atoms with Crippen molar-refractivity contribution in [3.8, 4) is 6.07 Å².